The van der Waals surface area contributed by atoms with Crippen LogP contribution in [0.5, 0.6) is 0 Å². The Morgan fingerprint density at radius 2 is 1.90 bits per heavy atom. The SMILES string of the molecule is Cc1ccc(/C=C2/SC(=O)N(Cc3ccccc3)C2=O)o1. The minimum absolute atomic E-state index is 0.251. The van der Waals surface area contributed by atoms with Gasteiger partial charge < -0.3 is 4.42 Å². The fourth-order valence-electron chi connectivity index (χ4n) is 2.06. The highest BCUT2D eigenvalue weighted by Crippen LogP contribution is 2.33. The van der Waals surface area contributed by atoms with Crippen LogP contribution in [0.2, 0.25) is 0 Å². The van der Waals surface area contributed by atoms with Crippen LogP contribution in [-0.2, 0) is 11.3 Å². The van der Waals surface area contributed by atoms with E-state index in [0.717, 1.165) is 23.1 Å². The number of carbonyl (C=O) groups is 2. The Morgan fingerprint density at radius 1 is 1.14 bits per heavy atom. The molecule has 0 atom stereocenters. The lowest BCUT2D eigenvalue weighted by Crippen LogP contribution is -2.27. The summed E-state index contributed by atoms with van der Waals surface area (Å²) in [6.45, 7) is 2.12. The predicted octanol–water partition coefficient (Wildman–Crippen LogP) is 3.82. The van der Waals surface area contributed by atoms with E-state index >= 15 is 0 Å². The quantitative estimate of drug-likeness (QED) is 0.808. The summed E-state index contributed by atoms with van der Waals surface area (Å²) in [4.78, 5) is 25.9. The first-order valence-corrected chi connectivity index (χ1v) is 7.31. The average molecular weight is 299 g/mol. The molecule has 5 heteroatoms. The second-order valence-electron chi connectivity index (χ2n) is 4.70. The molecular formula is C16H13NO3S. The van der Waals surface area contributed by atoms with Crippen molar-refractivity contribution >= 4 is 29.0 Å². The van der Waals surface area contributed by atoms with Crippen molar-refractivity contribution in [1.29, 1.82) is 0 Å². The van der Waals surface area contributed by atoms with Crippen molar-refractivity contribution in [3.8, 4) is 0 Å². The summed E-state index contributed by atoms with van der Waals surface area (Å²) in [5.41, 5.74) is 0.926. The number of aryl methyl sites for hydroxylation is 1. The van der Waals surface area contributed by atoms with Crippen molar-refractivity contribution < 1.29 is 14.0 Å². The molecule has 1 aliphatic heterocycles. The summed E-state index contributed by atoms with van der Waals surface area (Å²) in [7, 11) is 0. The Hall–Kier alpha value is -2.27. The Balaban J connectivity index is 1.81. The van der Waals surface area contributed by atoms with E-state index in [9.17, 15) is 9.59 Å². The molecule has 0 spiro atoms. The number of imide groups is 1. The molecule has 0 N–H and O–H groups in total. The van der Waals surface area contributed by atoms with Crippen molar-refractivity contribution in [3.05, 3.63) is 64.5 Å². The van der Waals surface area contributed by atoms with E-state index in [-0.39, 0.29) is 11.1 Å². The lowest BCUT2D eigenvalue weighted by molar-refractivity contribution is -0.123. The Bertz CT molecular complexity index is 718. The molecule has 0 bridgehead atoms. The highest BCUT2D eigenvalue weighted by atomic mass is 32.2. The van der Waals surface area contributed by atoms with Crippen molar-refractivity contribution in [1.82, 2.24) is 4.90 Å². The van der Waals surface area contributed by atoms with Gasteiger partial charge in [0.2, 0.25) is 0 Å². The fraction of sp³-hybridized carbons (Fsp3) is 0.125. The minimum atomic E-state index is -0.275. The molecule has 4 nitrogen and oxygen atoms in total. The molecule has 1 saturated heterocycles. The van der Waals surface area contributed by atoms with Crippen LogP contribution in [0.25, 0.3) is 6.08 Å². The number of hydrogen-bond acceptors (Lipinski definition) is 4. The molecule has 0 saturated carbocycles. The largest absolute Gasteiger partial charge is 0.462 e. The van der Waals surface area contributed by atoms with Gasteiger partial charge in [0.05, 0.1) is 11.4 Å². The smallest absolute Gasteiger partial charge is 0.293 e. The third-order valence-corrected chi connectivity index (χ3v) is 4.00. The zero-order valence-corrected chi connectivity index (χ0v) is 12.2. The second kappa shape index (κ2) is 5.61. The number of furan rings is 1. The van der Waals surface area contributed by atoms with E-state index in [1.54, 1.807) is 12.1 Å². The summed E-state index contributed by atoms with van der Waals surface area (Å²) in [6.07, 6.45) is 1.61. The normalized spacial score (nSPS) is 17.0. The highest BCUT2D eigenvalue weighted by molar-refractivity contribution is 8.18. The Kier molecular flexibility index (Phi) is 3.66. The summed E-state index contributed by atoms with van der Waals surface area (Å²) in [6, 6.07) is 13.0. The number of hydrogen-bond donors (Lipinski definition) is 0. The molecule has 1 aromatic heterocycles. The number of thioether (sulfide) groups is 1. The van der Waals surface area contributed by atoms with E-state index in [4.69, 9.17) is 4.42 Å². The van der Waals surface area contributed by atoms with Gasteiger partial charge in [0.1, 0.15) is 11.5 Å². The van der Waals surface area contributed by atoms with Gasteiger partial charge in [0.15, 0.2) is 0 Å². The van der Waals surface area contributed by atoms with Gasteiger partial charge in [-0.2, -0.15) is 0 Å². The molecule has 0 aliphatic carbocycles. The van der Waals surface area contributed by atoms with Crippen LogP contribution < -0.4 is 0 Å². The molecule has 2 heterocycles. The third kappa shape index (κ3) is 2.92. The van der Waals surface area contributed by atoms with Crippen LogP contribution in [0.1, 0.15) is 17.1 Å². The summed E-state index contributed by atoms with van der Waals surface area (Å²) < 4.78 is 5.41. The molecule has 0 radical (unpaired) electrons. The number of rotatable bonds is 3. The van der Waals surface area contributed by atoms with Crippen LogP contribution in [0.15, 0.2) is 51.8 Å². The van der Waals surface area contributed by atoms with E-state index < -0.39 is 0 Å². The van der Waals surface area contributed by atoms with Gasteiger partial charge in [-0.1, -0.05) is 30.3 Å². The number of benzene rings is 1. The number of amides is 2. The van der Waals surface area contributed by atoms with Crippen LogP contribution in [0, 0.1) is 6.92 Å². The predicted molar refractivity (Wildman–Crippen MR) is 81.4 cm³/mol. The topological polar surface area (TPSA) is 50.5 Å². The minimum Gasteiger partial charge on any atom is -0.462 e. The third-order valence-electron chi connectivity index (χ3n) is 3.09. The number of nitrogens with zero attached hydrogens (tertiary/aromatic N) is 1. The summed E-state index contributed by atoms with van der Waals surface area (Å²) in [5, 5.41) is -0.251. The fourth-order valence-corrected chi connectivity index (χ4v) is 2.88. The van der Waals surface area contributed by atoms with Crippen molar-refractivity contribution in [3.63, 3.8) is 0 Å². The molecule has 1 aromatic carbocycles. The zero-order chi connectivity index (χ0) is 14.8. The van der Waals surface area contributed by atoms with Gasteiger partial charge in [-0.15, -0.1) is 0 Å². The Morgan fingerprint density at radius 3 is 2.57 bits per heavy atom. The van der Waals surface area contributed by atoms with Gasteiger partial charge in [-0.05, 0) is 36.4 Å². The van der Waals surface area contributed by atoms with Gasteiger partial charge >= 0.3 is 0 Å². The lowest BCUT2D eigenvalue weighted by Gasteiger charge is -2.11. The maximum atomic E-state index is 12.3. The average Bonchev–Trinajstić information content (AvgIpc) is 2.99. The lowest BCUT2D eigenvalue weighted by atomic mass is 10.2. The zero-order valence-electron chi connectivity index (χ0n) is 11.4. The molecule has 3 rings (SSSR count). The summed E-state index contributed by atoms with van der Waals surface area (Å²) >= 11 is 0.944. The molecule has 2 aromatic rings. The van der Waals surface area contributed by atoms with Gasteiger partial charge in [0.25, 0.3) is 11.1 Å². The van der Waals surface area contributed by atoms with E-state index in [2.05, 4.69) is 0 Å². The molecule has 21 heavy (non-hydrogen) atoms. The monoisotopic (exact) mass is 299 g/mol. The van der Waals surface area contributed by atoms with Gasteiger partial charge in [-0.25, -0.2) is 0 Å². The molecular weight excluding hydrogens is 286 g/mol. The maximum Gasteiger partial charge on any atom is 0.293 e. The molecule has 2 amide bonds. The molecule has 1 fully saturated rings. The molecule has 106 valence electrons. The van der Waals surface area contributed by atoms with Crippen LogP contribution >= 0.6 is 11.8 Å². The second-order valence-corrected chi connectivity index (χ2v) is 5.70. The van der Waals surface area contributed by atoms with Gasteiger partial charge in [0, 0.05) is 6.08 Å². The van der Waals surface area contributed by atoms with E-state index in [1.807, 2.05) is 43.3 Å². The Labute approximate surface area is 126 Å². The van der Waals surface area contributed by atoms with Crippen molar-refractivity contribution in [2.75, 3.05) is 0 Å². The summed E-state index contributed by atoms with van der Waals surface area (Å²) in [5.74, 6) is 1.07. The van der Waals surface area contributed by atoms with Crippen LogP contribution in [-0.4, -0.2) is 16.0 Å². The number of carbonyl (C=O) groups excluding carboxylic acids is 2. The standard InChI is InChI=1S/C16H13NO3S/c1-11-7-8-13(20-11)9-14-15(18)17(16(19)21-14)10-12-5-3-2-4-6-12/h2-9H,10H2,1H3/b14-9+. The van der Waals surface area contributed by atoms with E-state index in [1.165, 1.54) is 4.90 Å². The van der Waals surface area contributed by atoms with Gasteiger partial charge in [-0.3, -0.25) is 14.5 Å². The van der Waals surface area contributed by atoms with Crippen LogP contribution in [0.3, 0.4) is 0 Å². The first-order chi connectivity index (χ1) is 10.1. The first-order valence-electron chi connectivity index (χ1n) is 6.49. The first kappa shape index (κ1) is 13.7. The maximum absolute atomic E-state index is 12.3. The van der Waals surface area contributed by atoms with E-state index in [0.29, 0.717) is 17.2 Å². The molecule has 0 unspecified atom stereocenters. The highest BCUT2D eigenvalue weighted by Gasteiger charge is 2.35. The van der Waals surface area contributed by atoms with Crippen molar-refractivity contribution in [2.45, 2.75) is 13.5 Å². The molecule has 1 aliphatic rings. The van der Waals surface area contributed by atoms with Crippen molar-refractivity contribution in [2.24, 2.45) is 0 Å². The van der Waals surface area contributed by atoms with Crippen LogP contribution in [0.4, 0.5) is 4.79 Å².